The van der Waals surface area contributed by atoms with Crippen molar-refractivity contribution < 1.29 is 0 Å². The maximum atomic E-state index is 3.13. The van der Waals surface area contributed by atoms with E-state index >= 15 is 0 Å². The number of aryl methyl sites for hydroxylation is 1. The van der Waals surface area contributed by atoms with Crippen LogP contribution in [0.2, 0.25) is 0 Å². The van der Waals surface area contributed by atoms with E-state index in [2.05, 4.69) is 61.6 Å². The van der Waals surface area contributed by atoms with E-state index in [-0.39, 0.29) is 0 Å². The highest BCUT2D eigenvalue weighted by Gasteiger charge is 2.02. The Kier molecular flexibility index (Phi) is 2.95. The van der Waals surface area contributed by atoms with E-state index in [9.17, 15) is 0 Å². The molecule has 0 unspecified atom stereocenters. The van der Waals surface area contributed by atoms with Crippen LogP contribution in [0.4, 0.5) is 5.69 Å². The second-order valence-electron chi connectivity index (χ2n) is 4.07. The highest BCUT2D eigenvalue weighted by molar-refractivity contribution is 5.70. The van der Waals surface area contributed by atoms with Gasteiger partial charge in [-0.15, -0.1) is 0 Å². The van der Waals surface area contributed by atoms with Gasteiger partial charge in [-0.3, -0.25) is 0 Å². The topological polar surface area (TPSA) is 12.0 Å². The van der Waals surface area contributed by atoms with E-state index in [1.54, 1.807) is 0 Å². The molecule has 0 heterocycles. The molecule has 0 aliphatic heterocycles. The number of benzene rings is 2. The van der Waals surface area contributed by atoms with Crippen LogP contribution in [-0.4, -0.2) is 7.05 Å². The van der Waals surface area contributed by atoms with Crippen molar-refractivity contribution in [3.63, 3.8) is 0 Å². The molecule has 2 rings (SSSR count). The largest absolute Gasteiger partial charge is 0.388 e. The normalized spacial score (nSPS) is 10.2. The van der Waals surface area contributed by atoms with Crippen molar-refractivity contribution in [3.8, 4) is 11.1 Å². The molecule has 1 nitrogen and oxygen atoms in total. The first kappa shape index (κ1) is 10.7. The van der Waals surface area contributed by atoms with Crippen LogP contribution < -0.4 is 5.32 Å². The Morgan fingerprint density at radius 3 is 2.19 bits per heavy atom. The third-order valence-electron chi connectivity index (χ3n) is 3.09. The summed E-state index contributed by atoms with van der Waals surface area (Å²) in [6.07, 6.45) is 0. The second kappa shape index (κ2) is 4.40. The van der Waals surface area contributed by atoms with Crippen LogP contribution in [0.3, 0.4) is 0 Å². The zero-order valence-electron chi connectivity index (χ0n) is 10.0. The fraction of sp³-hybridized carbons (Fsp3) is 0.200. The predicted octanol–water partition coefficient (Wildman–Crippen LogP) is 4.01. The zero-order valence-corrected chi connectivity index (χ0v) is 10.0. The van der Waals surface area contributed by atoms with E-state index in [0.29, 0.717) is 0 Å². The second-order valence-corrected chi connectivity index (χ2v) is 4.07. The summed E-state index contributed by atoms with van der Waals surface area (Å²) in [6, 6.07) is 15.0. The molecule has 0 saturated heterocycles. The highest BCUT2D eigenvalue weighted by atomic mass is 14.8. The molecular weight excluding hydrogens is 194 g/mol. The van der Waals surface area contributed by atoms with Crippen LogP contribution in [0.25, 0.3) is 11.1 Å². The number of hydrogen-bond donors (Lipinski definition) is 1. The van der Waals surface area contributed by atoms with Crippen LogP contribution in [0.5, 0.6) is 0 Å². The summed E-state index contributed by atoms with van der Waals surface area (Å²) >= 11 is 0. The van der Waals surface area contributed by atoms with Crippen molar-refractivity contribution in [1.82, 2.24) is 0 Å². The molecule has 82 valence electrons. The molecule has 1 heteroatoms. The number of rotatable bonds is 2. The quantitative estimate of drug-likeness (QED) is 0.791. The Labute approximate surface area is 97.1 Å². The van der Waals surface area contributed by atoms with Crippen LogP contribution in [0, 0.1) is 13.8 Å². The maximum Gasteiger partial charge on any atom is 0.0337 e. The van der Waals surface area contributed by atoms with Gasteiger partial charge in [0.2, 0.25) is 0 Å². The van der Waals surface area contributed by atoms with Crippen molar-refractivity contribution in [1.29, 1.82) is 0 Å². The summed E-state index contributed by atoms with van der Waals surface area (Å²) in [6.45, 7) is 4.33. The van der Waals surface area contributed by atoms with Gasteiger partial charge in [0.05, 0.1) is 0 Å². The van der Waals surface area contributed by atoms with Crippen LogP contribution in [0.15, 0.2) is 42.5 Å². The third-order valence-corrected chi connectivity index (χ3v) is 3.09. The molecule has 0 aliphatic rings. The molecule has 0 saturated carbocycles. The summed E-state index contributed by atoms with van der Waals surface area (Å²) in [5.74, 6) is 0. The van der Waals surface area contributed by atoms with Crippen LogP contribution in [-0.2, 0) is 0 Å². The van der Waals surface area contributed by atoms with E-state index in [1.165, 1.54) is 22.3 Å². The Balaban J connectivity index is 2.46. The fourth-order valence-electron chi connectivity index (χ4n) is 1.88. The molecule has 0 bridgehead atoms. The summed E-state index contributed by atoms with van der Waals surface area (Å²) in [4.78, 5) is 0. The SMILES string of the molecule is CNc1ccc(-c2cccc(C)c2C)cc1. The van der Waals surface area contributed by atoms with E-state index in [4.69, 9.17) is 0 Å². The van der Waals surface area contributed by atoms with Gasteiger partial charge in [0.15, 0.2) is 0 Å². The molecule has 0 aliphatic carbocycles. The van der Waals surface area contributed by atoms with Crippen LogP contribution >= 0.6 is 0 Å². The lowest BCUT2D eigenvalue weighted by Gasteiger charge is -2.09. The smallest absolute Gasteiger partial charge is 0.0337 e. The summed E-state index contributed by atoms with van der Waals surface area (Å²) in [5, 5.41) is 3.13. The standard InChI is InChI=1S/C15H17N/c1-11-5-4-6-15(12(11)2)13-7-9-14(16-3)10-8-13/h4-10,16H,1-3H3. The Morgan fingerprint density at radius 2 is 1.56 bits per heavy atom. The van der Waals surface area contributed by atoms with Crippen LogP contribution in [0.1, 0.15) is 11.1 Å². The monoisotopic (exact) mass is 211 g/mol. The number of nitrogens with one attached hydrogen (secondary N) is 1. The molecule has 0 spiro atoms. The molecule has 0 fully saturated rings. The maximum absolute atomic E-state index is 3.13. The van der Waals surface area contributed by atoms with Crippen molar-refractivity contribution in [3.05, 3.63) is 53.6 Å². The van der Waals surface area contributed by atoms with Gasteiger partial charge >= 0.3 is 0 Å². The third kappa shape index (κ3) is 1.94. The van der Waals surface area contributed by atoms with Gasteiger partial charge in [0.25, 0.3) is 0 Å². The summed E-state index contributed by atoms with van der Waals surface area (Å²) in [5.41, 5.74) is 6.45. The molecule has 0 amide bonds. The molecule has 0 aromatic heterocycles. The van der Waals surface area contributed by atoms with E-state index < -0.39 is 0 Å². The van der Waals surface area contributed by atoms with Crippen molar-refractivity contribution in [2.75, 3.05) is 12.4 Å². The first-order valence-electron chi connectivity index (χ1n) is 5.57. The van der Waals surface area contributed by atoms with Crippen molar-refractivity contribution in [2.45, 2.75) is 13.8 Å². The molecule has 1 N–H and O–H groups in total. The fourth-order valence-corrected chi connectivity index (χ4v) is 1.88. The minimum atomic E-state index is 1.15. The molecule has 16 heavy (non-hydrogen) atoms. The van der Waals surface area contributed by atoms with Gasteiger partial charge in [0.1, 0.15) is 0 Å². The minimum absolute atomic E-state index is 1.15. The first-order valence-corrected chi connectivity index (χ1v) is 5.57. The predicted molar refractivity (Wildman–Crippen MR) is 70.9 cm³/mol. The molecule has 0 radical (unpaired) electrons. The van der Waals surface area contributed by atoms with Gasteiger partial charge in [0, 0.05) is 12.7 Å². The average Bonchev–Trinajstić information content (AvgIpc) is 2.33. The highest BCUT2D eigenvalue weighted by Crippen LogP contribution is 2.26. The van der Waals surface area contributed by atoms with Crippen molar-refractivity contribution >= 4 is 5.69 Å². The van der Waals surface area contributed by atoms with Gasteiger partial charge in [-0.25, -0.2) is 0 Å². The van der Waals surface area contributed by atoms with E-state index in [1.807, 2.05) is 7.05 Å². The lowest BCUT2D eigenvalue weighted by atomic mass is 9.97. The van der Waals surface area contributed by atoms with Gasteiger partial charge in [-0.2, -0.15) is 0 Å². The Hall–Kier alpha value is -1.76. The van der Waals surface area contributed by atoms with Gasteiger partial charge in [-0.05, 0) is 48.2 Å². The lowest BCUT2D eigenvalue weighted by Crippen LogP contribution is -1.89. The average molecular weight is 211 g/mol. The molecular formula is C15H17N. The minimum Gasteiger partial charge on any atom is -0.388 e. The van der Waals surface area contributed by atoms with Gasteiger partial charge in [-0.1, -0.05) is 30.3 Å². The van der Waals surface area contributed by atoms with Crippen molar-refractivity contribution in [2.24, 2.45) is 0 Å². The number of hydrogen-bond acceptors (Lipinski definition) is 1. The molecule has 2 aromatic rings. The zero-order chi connectivity index (χ0) is 11.5. The summed E-state index contributed by atoms with van der Waals surface area (Å²) < 4.78 is 0. The summed E-state index contributed by atoms with van der Waals surface area (Å²) in [7, 11) is 1.94. The van der Waals surface area contributed by atoms with Gasteiger partial charge < -0.3 is 5.32 Å². The molecule has 2 aromatic carbocycles. The first-order chi connectivity index (χ1) is 7.72. The molecule has 0 atom stereocenters. The number of anilines is 1. The Bertz CT molecular complexity index is 483. The van der Waals surface area contributed by atoms with E-state index in [0.717, 1.165) is 5.69 Å². The Morgan fingerprint density at radius 1 is 0.875 bits per heavy atom. The lowest BCUT2D eigenvalue weighted by molar-refractivity contribution is 1.34.